The van der Waals surface area contributed by atoms with Gasteiger partial charge in [-0.15, -0.1) is 0 Å². The number of fused-ring (bicyclic) bond motifs is 4. The van der Waals surface area contributed by atoms with E-state index < -0.39 is 0 Å². The van der Waals surface area contributed by atoms with E-state index >= 15 is 0 Å². The van der Waals surface area contributed by atoms with Crippen molar-refractivity contribution in [2.75, 3.05) is 26.2 Å². The molecule has 0 aliphatic carbocycles. The Bertz CT molecular complexity index is 989. The van der Waals surface area contributed by atoms with Crippen LogP contribution in [0.15, 0.2) is 40.1 Å². The van der Waals surface area contributed by atoms with Gasteiger partial charge in [0.15, 0.2) is 0 Å². The fraction of sp³-hybridized carbons (Fsp3) is 0.565. The van der Waals surface area contributed by atoms with Crippen LogP contribution in [0.25, 0.3) is 0 Å². The Morgan fingerprint density at radius 1 is 0.897 bits per heavy atom. The zero-order valence-corrected chi connectivity index (χ0v) is 17.0. The van der Waals surface area contributed by atoms with E-state index in [0.717, 1.165) is 56.8 Å². The number of pyridine rings is 2. The molecule has 154 valence electrons. The first-order valence-electron chi connectivity index (χ1n) is 11.0. The molecular formula is C23H30N4O2. The van der Waals surface area contributed by atoms with E-state index in [9.17, 15) is 9.59 Å². The number of nitrogens with zero attached hydrogens (tertiary/aromatic N) is 3. The highest BCUT2D eigenvalue weighted by molar-refractivity contribution is 5.23. The maximum absolute atomic E-state index is 13.2. The van der Waals surface area contributed by atoms with Crippen molar-refractivity contribution in [2.24, 2.45) is 5.92 Å². The molecule has 0 amide bonds. The predicted molar refractivity (Wildman–Crippen MR) is 113 cm³/mol. The molecule has 0 spiro atoms. The van der Waals surface area contributed by atoms with Crippen LogP contribution >= 0.6 is 0 Å². The van der Waals surface area contributed by atoms with E-state index in [2.05, 4.69) is 31.5 Å². The van der Waals surface area contributed by atoms with E-state index in [-0.39, 0.29) is 11.1 Å². The van der Waals surface area contributed by atoms with Crippen molar-refractivity contribution in [3.8, 4) is 0 Å². The van der Waals surface area contributed by atoms with Crippen LogP contribution in [0.4, 0.5) is 0 Å². The van der Waals surface area contributed by atoms with E-state index in [0.29, 0.717) is 18.4 Å². The van der Waals surface area contributed by atoms with Crippen molar-refractivity contribution in [3.05, 3.63) is 68.0 Å². The molecule has 0 saturated carbocycles. The highest BCUT2D eigenvalue weighted by Crippen LogP contribution is 2.35. The maximum atomic E-state index is 13.2. The van der Waals surface area contributed by atoms with Gasteiger partial charge < -0.3 is 9.55 Å². The van der Waals surface area contributed by atoms with Crippen molar-refractivity contribution in [3.63, 3.8) is 0 Å². The molecule has 0 aromatic carbocycles. The van der Waals surface area contributed by atoms with Gasteiger partial charge in [-0.05, 0) is 50.4 Å². The van der Waals surface area contributed by atoms with Gasteiger partial charge in [0, 0.05) is 61.7 Å². The minimum Gasteiger partial charge on any atom is -0.329 e. The molecule has 1 N–H and O–H groups in total. The number of hydrogen-bond acceptors (Lipinski definition) is 4. The molecule has 3 aliphatic heterocycles. The van der Waals surface area contributed by atoms with Crippen LogP contribution in [-0.2, 0) is 19.6 Å². The lowest BCUT2D eigenvalue weighted by atomic mass is 9.83. The highest BCUT2D eigenvalue weighted by Gasteiger charge is 2.35. The minimum absolute atomic E-state index is 0.00204. The molecule has 3 aliphatic rings. The first-order chi connectivity index (χ1) is 14.2. The third kappa shape index (κ3) is 3.83. The van der Waals surface area contributed by atoms with Crippen molar-refractivity contribution in [1.29, 1.82) is 0 Å². The Morgan fingerprint density at radius 2 is 1.72 bits per heavy atom. The molecular weight excluding hydrogens is 364 g/mol. The number of rotatable bonds is 4. The van der Waals surface area contributed by atoms with Crippen LogP contribution < -0.4 is 11.1 Å². The first kappa shape index (κ1) is 18.8. The number of H-pyrrole nitrogens is 1. The first-order valence-corrected chi connectivity index (χ1v) is 11.0. The van der Waals surface area contributed by atoms with E-state index in [1.165, 1.54) is 25.0 Å². The van der Waals surface area contributed by atoms with Crippen molar-refractivity contribution in [1.82, 2.24) is 19.4 Å². The molecule has 29 heavy (non-hydrogen) atoms. The van der Waals surface area contributed by atoms with Gasteiger partial charge >= 0.3 is 0 Å². The standard InChI is InChI=1S/C23H30N4O2/c28-22-18(5-4-8-24-22)14-26-12-17-11-20(16-26)21-7-6-19(23(29)27(21)13-17)15-25-9-2-1-3-10-25/h4-8,17,20H,1-3,9-16H2,(H,24,28)/t17-,20+/m0/s1. The lowest BCUT2D eigenvalue weighted by Crippen LogP contribution is -2.47. The third-order valence-electron chi connectivity index (χ3n) is 6.89. The van der Waals surface area contributed by atoms with Gasteiger partial charge in [0.1, 0.15) is 0 Å². The molecule has 6 nitrogen and oxygen atoms in total. The Balaban J connectivity index is 1.35. The maximum Gasteiger partial charge on any atom is 0.255 e. The number of aromatic amines is 1. The fourth-order valence-electron chi connectivity index (χ4n) is 5.52. The zero-order chi connectivity index (χ0) is 19.8. The Kier molecular flexibility index (Phi) is 5.14. The number of piperidine rings is 2. The molecule has 2 fully saturated rings. The summed E-state index contributed by atoms with van der Waals surface area (Å²) in [4.78, 5) is 32.9. The average molecular weight is 395 g/mol. The number of aromatic nitrogens is 2. The Labute approximate surface area is 171 Å². The normalized spacial score (nSPS) is 25.0. The van der Waals surface area contributed by atoms with Gasteiger partial charge in [-0.3, -0.25) is 19.4 Å². The van der Waals surface area contributed by atoms with Crippen LogP contribution in [0, 0.1) is 5.92 Å². The van der Waals surface area contributed by atoms with Crippen LogP contribution in [0.3, 0.4) is 0 Å². The summed E-state index contributed by atoms with van der Waals surface area (Å²) in [6.45, 7) is 6.36. The van der Waals surface area contributed by atoms with Gasteiger partial charge in [0.2, 0.25) is 0 Å². The average Bonchev–Trinajstić information content (AvgIpc) is 2.73. The van der Waals surface area contributed by atoms with Crippen LogP contribution in [0.5, 0.6) is 0 Å². The zero-order valence-electron chi connectivity index (χ0n) is 17.0. The molecule has 2 aromatic heterocycles. The molecule has 2 aromatic rings. The topological polar surface area (TPSA) is 61.3 Å². The summed E-state index contributed by atoms with van der Waals surface area (Å²) >= 11 is 0. The highest BCUT2D eigenvalue weighted by atomic mass is 16.1. The molecule has 5 rings (SSSR count). The molecule has 0 radical (unpaired) electrons. The van der Waals surface area contributed by atoms with Crippen molar-refractivity contribution < 1.29 is 0 Å². The van der Waals surface area contributed by atoms with Gasteiger partial charge in [-0.25, -0.2) is 0 Å². The van der Waals surface area contributed by atoms with E-state index in [1.807, 2.05) is 12.1 Å². The summed E-state index contributed by atoms with van der Waals surface area (Å²) in [5.41, 5.74) is 3.17. The molecule has 6 heteroatoms. The number of hydrogen-bond donors (Lipinski definition) is 1. The van der Waals surface area contributed by atoms with Crippen molar-refractivity contribution >= 4 is 0 Å². The van der Waals surface area contributed by atoms with Gasteiger partial charge in [-0.2, -0.15) is 0 Å². The van der Waals surface area contributed by atoms with E-state index in [1.54, 1.807) is 6.20 Å². The smallest absolute Gasteiger partial charge is 0.255 e. The fourth-order valence-corrected chi connectivity index (χ4v) is 5.52. The molecule has 2 saturated heterocycles. The largest absolute Gasteiger partial charge is 0.329 e. The summed E-state index contributed by atoms with van der Waals surface area (Å²) in [5, 5.41) is 0. The minimum atomic E-state index is 0.00204. The number of likely N-dealkylation sites (tertiary alicyclic amines) is 2. The van der Waals surface area contributed by atoms with Crippen LogP contribution in [0.2, 0.25) is 0 Å². The molecule has 5 heterocycles. The van der Waals surface area contributed by atoms with Crippen molar-refractivity contribution in [2.45, 2.75) is 51.2 Å². The van der Waals surface area contributed by atoms with Gasteiger partial charge in [-0.1, -0.05) is 18.6 Å². The summed E-state index contributed by atoms with van der Waals surface area (Å²) in [7, 11) is 0. The molecule has 2 bridgehead atoms. The molecule has 2 atom stereocenters. The molecule has 0 unspecified atom stereocenters. The quantitative estimate of drug-likeness (QED) is 0.863. The Hall–Kier alpha value is -2.18. The lowest BCUT2D eigenvalue weighted by Gasteiger charge is -2.43. The third-order valence-corrected chi connectivity index (χ3v) is 6.89. The predicted octanol–water partition coefficient (Wildman–Crippen LogP) is 2.14. The van der Waals surface area contributed by atoms with Crippen LogP contribution in [-0.4, -0.2) is 45.5 Å². The SMILES string of the molecule is O=c1[nH]cccc1CN1C[C@@H]2C[C@H](C1)c1ccc(CN3CCCCC3)c(=O)n1C2. The second kappa shape index (κ2) is 7.92. The summed E-state index contributed by atoms with van der Waals surface area (Å²) in [5.74, 6) is 0.856. The van der Waals surface area contributed by atoms with E-state index in [4.69, 9.17) is 0 Å². The number of nitrogens with one attached hydrogen (secondary N) is 1. The summed E-state index contributed by atoms with van der Waals surface area (Å²) < 4.78 is 2.06. The summed E-state index contributed by atoms with van der Waals surface area (Å²) in [6, 6.07) is 8.07. The van der Waals surface area contributed by atoms with Gasteiger partial charge in [0.05, 0.1) is 0 Å². The van der Waals surface area contributed by atoms with Crippen LogP contribution in [0.1, 0.15) is 48.4 Å². The second-order valence-corrected chi connectivity index (χ2v) is 9.05. The lowest BCUT2D eigenvalue weighted by molar-refractivity contribution is 0.113. The Morgan fingerprint density at radius 3 is 2.55 bits per heavy atom. The second-order valence-electron chi connectivity index (χ2n) is 9.05. The van der Waals surface area contributed by atoms with Gasteiger partial charge in [0.25, 0.3) is 11.1 Å². The monoisotopic (exact) mass is 394 g/mol. The summed E-state index contributed by atoms with van der Waals surface area (Å²) in [6.07, 6.45) is 6.63.